The number of benzene rings is 1. The van der Waals surface area contributed by atoms with E-state index in [1.165, 1.54) is 6.07 Å². The van der Waals surface area contributed by atoms with Crippen molar-refractivity contribution in [2.24, 2.45) is 0 Å². The number of nitrogens with zero attached hydrogens (tertiary/aromatic N) is 3. The molecule has 0 bridgehead atoms. The molecular weight excluding hydrogens is 317 g/mol. The molecule has 1 aliphatic heterocycles. The van der Waals surface area contributed by atoms with Crippen LogP contribution in [-0.2, 0) is 0 Å². The Balaban J connectivity index is 1.51. The lowest BCUT2D eigenvalue weighted by Crippen LogP contribution is -2.36. The highest BCUT2D eigenvalue weighted by Gasteiger charge is 2.28. The van der Waals surface area contributed by atoms with E-state index < -0.39 is 0 Å². The first-order chi connectivity index (χ1) is 12.3. The summed E-state index contributed by atoms with van der Waals surface area (Å²) < 4.78 is 14.0. The minimum atomic E-state index is -0.270. The van der Waals surface area contributed by atoms with Gasteiger partial charge in [-0.15, -0.1) is 0 Å². The molecule has 3 heterocycles. The van der Waals surface area contributed by atoms with Gasteiger partial charge in [-0.05, 0) is 24.1 Å². The van der Waals surface area contributed by atoms with Crippen LogP contribution in [0.25, 0.3) is 0 Å². The number of H-pyrrole nitrogens is 1. The van der Waals surface area contributed by atoms with Crippen LogP contribution >= 0.6 is 0 Å². The third kappa shape index (κ3) is 3.39. The normalized spacial score (nSPS) is 18.4. The lowest BCUT2D eigenvalue weighted by atomic mass is 10.0. The fourth-order valence-electron chi connectivity index (χ4n) is 3.35. The molecule has 1 fully saturated rings. The summed E-state index contributed by atoms with van der Waals surface area (Å²) in [5, 5.41) is 3.67. The van der Waals surface area contributed by atoms with Crippen molar-refractivity contribution in [1.82, 2.24) is 20.3 Å². The lowest BCUT2D eigenvalue weighted by molar-refractivity contribution is 0.487. The number of pyridine rings is 1. The number of hydrogen-bond acceptors (Lipinski definition) is 4. The van der Waals surface area contributed by atoms with Gasteiger partial charge in [-0.1, -0.05) is 30.3 Å². The van der Waals surface area contributed by atoms with E-state index in [1.807, 2.05) is 29.3 Å². The molecule has 2 N–H and O–H groups in total. The molecule has 0 radical (unpaired) electrons. The second-order valence-electron chi connectivity index (χ2n) is 6.23. The fourth-order valence-corrected chi connectivity index (χ4v) is 3.35. The number of aromatic nitrogens is 3. The van der Waals surface area contributed by atoms with E-state index in [0.29, 0.717) is 5.82 Å². The van der Waals surface area contributed by atoms with Crippen molar-refractivity contribution in [1.29, 1.82) is 0 Å². The van der Waals surface area contributed by atoms with Gasteiger partial charge in [0.2, 0.25) is 0 Å². The zero-order chi connectivity index (χ0) is 17.1. The Hall–Kier alpha value is -2.73. The average molecular weight is 337 g/mol. The smallest absolute Gasteiger partial charge is 0.165 e. The van der Waals surface area contributed by atoms with Gasteiger partial charge in [-0.25, -0.2) is 14.4 Å². The Kier molecular flexibility index (Phi) is 4.43. The zero-order valence-corrected chi connectivity index (χ0v) is 13.8. The van der Waals surface area contributed by atoms with Crippen molar-refractivity contribution in [3.8, 4) is 0 Å². The quantitative estimate of drug-likeness (QED) is 0.752. The predicted molar refractivity (Wildman–Crippen MR) is 94.8 cm³/mol. The first kappa shape index (κ1) is 15.8. The van der Waals surface area contributed by atoms with Crippen molar-refractivity contribution < 1.29 is 4.39 Å². The van der Waals surface area contributed by atoms with E-state index in [4.69, 9.17) is 0 Å². The van der Waals surface area contributed by atoms with Crippen molar-refractivity contribution in [3.05, 3.63) is 78.3 Å². The number of halogens is 1. The summed E-state index contributed by atoms with van der Waals surface area (Å²) in [4.78, 5) is 13.8. The molecule has 1 aromatic carbocycles. The summed E-state index contributed by atoms with van der Waals surface area (Å²) in [6.07, 6.45) is 6.16. The molecule has 4 rings (SSSR count). The monoisotopic (exact) mass is 337 g/mol. The van der Waals surface area contributed by atoms with Crippen LogP contribution in [0.2, 0.25) is 0 Å². The SMILES string of the molecule is Fc1cccnc1N1CC[C@@H](N[C@@H](c2ccccc2)c2ncc[nH]2)C1. The molecular formula is C19H20FN5. The molecule has 0 aliphatic carbocycles. The van der Waals surface area contributed by atoms with Gasteiger partial charge in [-0.3, -0.25) is 5.32 Å². The van der Waals surface area contributed by atoms with E-state index >= 15 is 0 Å². The topological polar surface area (TPSA) is 56.8 Å². The second-order valence-corrected chi connectivity index (χ2v) is 6.23. The molecule has 25 heavy (non-hydrogen) atoms. The highest BCUT2D eigenvalue weighted by molar-refractivity contribution is 5.41. The predicted octanol–water partition coefficient (Wildman–Crippen LogP) is 2.90. The highest BCUT2D eigenvalue weighted by atomic mass is 19.1. The number of nitrogens with one attached hydrogen (secondary N) is 2. The molecule has 0 spiro atoms. The molecule has 6 heteroatoms. The third-order valence-corrected chi connectivity index (χ3v) is 4.55. The summed E-state index contributed by atoms with van der Waals surface area (Å²) in [6.45, 7) is 1.50. The van der Waals surface area contributed by atoms with Gasteiger partial charge in [0.15, 0.2) is 11.6 Å². The minimum absolute atomic E-state index is 0.0188. The number of imidazole rings is 1. The van der Waals surface area contributed by atoms with E-state index in [1.54, 1.807) is 18.5 Å². The average Bonchev–Trinajstić information content (AvgIpc) is 3.33. The van der Waals surface area contributed by atoms with Gasteiger partial charge in [0.25, 0.3) is 0 Å². The van der Waals surface area contributed by atoms with Crippen LogP contribution in [0.5, 0.6) is 0 Å². The largest absolute Gasteiger partial charge is 0.353 e. The van der Waals surface area contributed by atoms with E-state index in [2.05, 4.69) is 32.4 Å². The van der Waals surface area contributed by atoms with Crippen LogP contribution in [0, 0.1) is 5.82 Å². The summed E-state index contributed by atoms with van der Waals surface area (Å²) in [5.41, 5.74) is 1.15. The molecule has 1 aliphatic rings. The molecule has 1 saturated heterocycles. The van der Waals surface area contributed by atoms with Crippen LogP contribution in [0.3, 0.4) is 0 Å². The maximum atomic E-state index is 14.0. The summed E-state index contributed by atoms with van der Waals surface area (Å²) in [6, 6.07) is 13.5. The van der Waals surface area contributed by atoms with Crippen LogP contribution in [-0.4, -0.2) is 34.1 Å². The lowest BCUT2D eigenvalue weighted by Gasteiger charge is -2.23. The maximum absolute atomic E-state index is 14.0. The number of aromatic amines is 1. The number of anilines is 1. The van der Waals surface area contributed by atoms with E-state index in [-0.39, 0.29) is 17.9 Å². The molecule has 0 unspecified atom stereocenters. The van der Waals surface area contributed by atoms with Crippen LogP contribution in [0.4, 0.5) is 10.2 Å². The fraction of sp³-hybridized carbons (Fsp3) is 0.263. The Labute approximate surface area is 145 Å². The van der Waals surface area contributed by atoms with Crippen molar-refractivity contribution in [2.45, 2.75) is 18.5 Å². The first-order valence-corrected chi connectivity index (χ1v) is 8.47. The van der Waals surface area contributed by atoms with Crippen LogP contribution in [0.1, 0.15) is 23.9 Å². The second kappa shape index (κ2) is 7.03. The molecule has 0 amide bonds. The van der Waals surface area contributed by atoms with Crippen molar-refractivity contribution in [3.63, 3.8) is 0 Å². The zero-order valence-electron chi connectivity index (χ0n) is 13.8. The summed E-state index contributed by atoms with van der Waals surface area (Å²) in [7, 11) is 0. The molecule has 2 atom stereocenters. The maximum Gasteiger partial charge on any atom is 0.165 e. The Morgan fingerprint density at radius 1 is 1.12 bits per heavy atom. The Morgan fingerprint density at radius 3 is 2.76 bits per heavy atom. The third-order valence-electron chi connectivity index (χ3n) is 4.55. The van der Waals surface area contributed by atoms with Gasteiger partial charge >= 0.3 is 0 Å². The first-order valence-electron chi connectivity index (χ1n) is 8.47. The van der Waals surface area contributed by atoms with E-state index in [9.17, 15) is 4.39 Å². The van der Waals surface area contributed by atoms with Gasteiger partial charge in [0, 0.05) is 37.7 Å². The Bertz CT molecular complexity index is 806. The van der Waals surface area contributed by atoms with Crippen LogP contribution < -0.4 is 10.2 Å². The Morgan fingerprint density at radius 2 is 2.00 bits per heavy atom. The number of hydrogen-bond donors (Lipinski definition) is 2. The van der Waals surface area contributed by atoms with Gasteiger partial charge < -0.3 is 9.88 Å². The molecule has 0 saturated carbocycles. The van der Waals surface area contributed by atoms with Gasteiger partial charge in [0.05, 0.1) is 6.04 Å². The number of rotatable bonds is 5. The van der Waals surface area contributed by atoms with Crippen molar-refractivity contribution >= 4 is 5.82 Å². The summed E-state index contributed by atoms with van der Waals surface area (Å²) >= 11 is 0. The standard InChI is InChI=1S/C19H20FN5/c20-16-7-4-9-23-19(16)25-12-8-15(13-25)24-17(18-21-10-11-22-18)14-5-2-1-3-6-14/h1-7,9-11,15,17,24H,8,12-13H2,(H,21,22)/t15-,17+/m1/s1. The molecule has 3 aromatic rings. The van der Waals surface area contributed by atoms with Crippen molar-refractivity contribution in [2.75, 3.05) is 18.0 Å². The molecule has 128 valence electrons. The van der Waals surface area contributed by atoms with Crippen LogP contribution in [0.15, 0.2) is 61.1 Å². The van der Waals surface area contributed by atoms with Gasteiger partial charge in [-0.2, -0.15) is 0 Å². The highest BCUT2D eigenvalue weighted by Crippen LogP contribution is 2.25. The summed E-state index contributed by atoms with van der Waals surface area (Å²) in [5.74, 6) is 1.04. The molecule has 2 aromatic heterocycles. The molecule has 5 nitrogen and oxygen atoms in total. The van der Waals surface area contributed by atoms with E-state index in [0.717, 1.165) is 30.9 Å². The minimum Gasteiger partial charge on any atom is -0.353 e. The van der Waals surface area contributed by atoms with Gasteiger partial charge in [0.1, 0.15) is 5.82 Å².